The Morgan fingerprint density at radius 2 is 2.12 bits per heavy atom. The zero-order valence-corrected chi connectivity index (χ0v) is 14.6. The zero-order valence-electron chi connectivity index (χ0n) is 14.6. The van der Waals surface area contributed by atoms with Crippen LogP contribution in [0.1, 0.15) is 43.7 Å². The molecule has 1 atom stereocenters. The summed E-state index contributed by atoms with van der Waals surface area (Å²) in [6, 6.07) is 4.72. The average molecular weight is 345 g/mol. The molecular formula is C19H20FNO4. The van der Waals surface area contributed by atoms with E-state index in [9.17, 15) is 14.0 Å². The molecule has 2 aliphatic rings. The van der Waals surface area contributed by atoms with E-state index in [2.05, 4.69) is 5.32 Å². The quantitative estimate of drug-likeness (QED) is 0.854. The van der Waals surface area contributed by atoms with Gasteiger partial charge in [0.05, 0.1) is 29.9 Å². The van der Waals surface area contributed by atoms with Crippen LogP contribution in [-0.2, 0) is 19.1 Å². The molecule has 0 amide bonds. The molecule has 0 radical (unpaired) electrons. The Balaban J connectivity index is 2.28. The lowest BCUT2D eigenvalue weighted by Crippen LogP contribution is -2.30. The molecule has 2 aliphatic heterocycles. The number of cyclic esters (lactones) is 1. The molecule has 0 spiro atoms. The summed E-state index contributed by atoms with van der Waals surface area (Å²) in [5, 5.41) is 3.06. The monoisotopic (exact) mass is 345 g/mol. The maximum absolute atomic E-state index is 14.5. The van der Waals surface area contributed by atoms with Gasteiger partial charge in [0.1, 0.15) is 12.4 Å². The van der Waals surface area contributed by atoms with Crippen LogP contribution in [-0.4, -0.2) is 25.7 Å². The number of hydrogen-bond acceptors (Lipinski definition) is 5. The number of nitrogens with one attached hydrogen (secondary N) is 1. The smallest absolute Gasteiger partial charge is 0.337 e. The summed E-state index contributed by atoms with van der Waals surface area (Å²) in [4.78, 5) is 24.8. The Morgan fingerprint density at radius 1 is 1.40 bits per heavy atom. The van der Waals surface area contributed by atoms with Crippen molar-refractivity contribution in [3.8, 4) is 0 Å². The second-order valence-corrected chi connectivity index (χ2v) is 6.45. The standard InChI is InChI=1S/C19H20FNO4/c1-9(2)14-11(6-5-7-12(14)20)16-15(18(22)24-4)10(3)21-13-8-25-19(23)17(13)16/h5-7,9,16,21H,8H2,1-4H3. The van der Waals surface area contributed by atoms with Crippen molar-refractivity contribution in [2.75, 3.05) is 13.7 Å². The number of methoxy groups -OCH3 is 1. The van der Waals surface area contributed by atoms with E-state index in [1.54, 1.807) is 19.1 Å². The Bertz CT molecular complexity index is 823. The van der Waals surface area contributed by atoms with Crippen LogP contribution in [0.15, 0.2) is 40.7 Å². The Kier molecular flexibility index (Phi) is 4.37. The number of carbonyl (C=O) groups excluding carboxylic acids is 2. The molecule has 3 rings (SSSR count). The van der Waals surface area contributed by atoms with Gasteiger partial charge in [-0.05, 0) is 30.0 Å². The SMILES string of the molecule is COC(=O)C1=C(C)NC2=C(C(=O)OC2)C1c1cccc(F)c1C(C)C. The van der Waals surface area contributed by atoms with Gasteiger partial charge >= 0.3 is 11.9 Å². The first-order valence-electron chi connectivity index (χ1n) is 8.11. The number of dihydropyridines is 1. The molecular weight excluding hydrogens is 325 g/mol. The van der Waals surface area contributed by atoms with Gasteiger partial charge in [-0.15, -0.1) is 0 Å². The predicted molar refractivity (Wildman–Crippen MR) is 89.1 cm³/mol. The number of esters is 2. The van der Waals surface area contributed by atoms with Crippen molar-refractivity contribution in [3.05, 3.63) is 57.7 Å². The van der Waals surface area contributed by atoms with Crippen molar-refractivity contribution < 1.29 is 23.5 Å². The lowest BCUT2D eigenvalue weighted by Gasteiger charge is -2.29. The first-order chi connectivity index (χ1) is 11.9. The minimum absolute atomic E-state index is 0.114. The number of allylic oxidation sites excluding steroid dienone is 1. The van der Waals surface area contributed by atoms with E-state index in [-0.39, 0.29) is 18.3 Å². The van der Waals surface area contributed by atoms with Crippen LogP contribution in [0.2, 0.25) is 0 Å². The Labute approximate surface area is 145 Å². The summed E-state index contributed by atoms with van der Waals surface area (Å²) in [6.45, 7) is 5.60. The largest absolute Gasteiger partial charge is 0.466 e. The maximum atomic E-state index is 14.5. The Morgan fingerprint density at radius 3 is 2.76 bits per heavy atom. The molecule has 1 aromatic carbocycles. The van der Waals surface area contributed by atoms with E-state index < -0.39 is 17.9 Å². The fourth-order valence-corrected chi connectivity index (χ4v) is 3.57. The van der Waals surface area contributed by atoms with Crippen molar-refractivity contribution >= 4 is 11.9 Å². The maximum Gasteiger partial charge on any atom is 0.337 e. The Hall–Kier alpha value is -2.63. The van der Waals surface area contributed by atoms with Gasteiger partial charge in [-0.3, -0.25) is 0 Å². The second kappa shape index (κ2) is 6.35. The number of halogens is 1. The summed E-state index contributed by atoms with van der Waals surface area (Å²) in [7, 11) is 1.28. The van der Waals surface area contributed by atoms with Crippen LogP contribution in [0.4, 0.5) is 4.39 Å². The molecule has 0 saturated carbocycles. The average Bonchev–Trinajstić information content (AvgIpc) is 2.93. The number of rotatable bonds is 3. The number of ether oxygens (including phenoxy) is 2. The van der Waals surface area contributed by atoms with Crippen LogP contribution in [0.25, 0.3) is 0 Å². The van der Waals surface area contributed by atoms with Crippen molar-refractivity contribution in [1.29, 1.82) is 0 Å². The summed E-state index contributed by atoms with van der Waals surface area (Å²) in [5.41, 5.74) is 2.90. The molecule has 0 aliphatic carbocycles. The number of benzene rings is 1. The molecule has 5 nitrogen and oxygen atoms in total. The van der Waals surface area contributed by atoms with E-state index in [4.69, 9.17) is 9.47 Å². The molecule has 6 heteroatoms. The van der Waals surface area contributed by atoms with Crippen LogP contribution >= 0.6 is 0 Å². The van der Waals surface area contributed by atoms with Crippen LogP contribution < -0.4 is 5.32 Å². The van der Waals surface area contributed by atoms with Crippen LogP contribution in [0.5, 0.6) is 0 Å². The lowest BCUT2D eigenvalue weighted by molar-refractivity contribution is -0.136. The van der Waals surface area contributed by atoms with Gasteiger partial charge in [-0.1, -0.05) is 26.0 Å². The van der Waals surface area contributed by atoms with E-state index in [1.165, 1.54) is 13.2 Å². The number of carbonyl (C=O) groups is 2. The van der Waals surface area contributed by atoms with E-state index >= 15 is 0 Å². The molecule has 0 bridgehead atoms. The minimum atomic E-state index is -0.716. The summed E-state index contributed by atoms with van der Waals surface area (Å²) < 4.78 is 24.6. The van der Waals surface area contributed by atoms with Gasteiger partial charge in [0, 0.05) is 5.70 Å². The zero-order chi connectivity index (χ0) is 18.3. The van der Waals surface area contributed by atoms with Gasteiger partial charge in [0.25, 0.3) is 0 Å². The lowest BCUT2D eigenvalue weighted by atomic mass is 9.77. The molecule has 1 unspecified atom stereocenters. The third kappa shape index (κ3) is 2.71. The van der Waals surface area contributed by atoms with Crippen molar-refractivity contribution in [3.63, 3.8) is 0 Å². The molecule has 0 aromatic heterocycles. The van der Waals surface area contributed by atoms with E-state index in [0.29, 0.717) is 33.7 Å². The van der Waals surface area contributed by atoms with Crippen molar-refractivity contribution in [2.24, 2.45) is 0 Å². The van der Waals surface area contributed by atoms with Gasteiger partial charge in [-0.25, -0.2) is 14.0 Å². The summed E-state index contributed by atoms with van der Waals surface area (Å²) >= 11 is 0. The third-order valence-corrected chi connectivity index (χ3v) is 4.59. The first kappa shape index (κ1) is 17.2. The molecule has 2 heterocycles. The molecule has 0 saturated heterocycles. The number of hydrogen-bond donors (Lipinski definition) is 1. The van der Waals surface area contributed by atoms with E-state index in [1.807, 2.05) is 13.8 Å². The van der Waals surface area contributed by atoms with Crippen LogP contribution in [0.3, 0.4) is 0 Å². The normalized spacial score (nSPS) is 19.8. The molecule has 1 aromatic rings. The topological polar surface area (TPSA) is 64.6 Å². The second-order valence-electron chi connectivity index (χ2n) is 6.45. The minimum Gasteiger partial charge on any atom is -0.466 e. The summed E-state index contributed by atoms with van der Waals surface area (Å²) in [5.74, 6) is -2.25. The summed E-state index contributed by atoms with van der Waals surface area (Å²) in [6.07, 6.45) is 0. The fraction of sp³-hybridized carbons (Fsp3) is 0.368. The fourth-order valence-electron chi connectivity index (χ4n) is 3.57. The van der Waals surface area contributed by atoms with Crippen molar-refractivity contribution in [2.45, 2.75) is 32.6 Å². The van der Waals surface area contributed by atoms with Gasteiger partial charge in [0.2, 0.25) is 0 Å². The molecule has 132 valence electrons. The van der Waals surface area contributed by atoms with Crippen molar-refractivity contribution in [1.82, 2.24) is 5.32 Å². The highest BCUT2D eigenvalue weighted by molar-refractivity contribution is 6.01. The van der Waals surface area contributed by atoms with E-state index in [0.717, 1.165) is 0 Å². The highest BCUT2D eigenvalue weighted by atomic mass is 19.1. The van der Waals surface area contributed by atoms with Gasteiger partial charge in [-0.2, -0.15) is 0 Å². The molecule has 1 N–H and O–H groups in total. The van der Waals surface area contributed by atoms with Crippen LogP contribution in [0, 0.1) is 5.82 Å². The predicted octanol–water partition coefficient (Wildman–Crippen LogP) is 2.89. The molecule has 0 fully saturated rings. The molecule has 25 heavy (non-hydrogen) atoms. The third-order valence-electron chi connectivity index (χ3n) is 4.59. The van der Waals surface area contributed by atoms with Gasteiger partial charge in [0.15, 0.2) is 0 Å². The highest BCUT2D eigenvalue weighted by Crippen LogP contribution is 2.44. The van der Waals surface area contributed by atoms with Gasteiger partial charge < -0.3 is 14.8 Å². The highest BCUT2D eigenvalue weighted by Gasteiger charge is 2.42. The first-order valence-corrected chi connectivity index (χ1v) is 8.11.